The van der Waals surface area contributed by atoms with Gasteiger partial charge in [0.2, 0.25) is 0 Å². The number of hydrogen-bond donors (Lipinski definition) is 1. The molecule has 0 fully saturated rings. The predicted octanol–water partition coefficient (Wildman–Crippen LogP) is -0.367. The lowest BCUT2D eigenvalue weighted by molar-refractivity contribution is 0.174. The van der Waals surface area contributed by atoms with Crippen LogP contribution >= 0.6 is 0 Å². The van der Waals surface area contributed by atoms with Crippen LogP contribution in [0.1, 0.15) is 0 Å². The van der Waals surface area contributed by atoms with Gasteiger partial charge in [-0.3, -0.25) is 10.3 Å². The molecule has 0 aromatic rings. The molecule has 1 atom stereocenters. The van der Waals surface area contributed by atoms with E-state index < -0.39 is 0 Å². The van der Waals surface area contributed by atoms with Gasteiger partial charge in [0.15, 0.2) is 0 Å². The van der Waals surface area contributed by atoms with E-state index in [0.717, 1.165) is 6.54 Å². The van der Waals surface area contributed by atoms with Crippen molar-refractivity contribution in [3.63, 3.8) is 0 Å². The third-order valence-corrected chi connectivity index (χ3v) is 1.05. The molecular formula is C5H10N2O. The van der Waals surface area contributed by atoms with Crippen molar-refractivity contribution in [3.05, 3.63) is 0 Å². The van der Waals surface area contributed by atoms with Crippen LogP contribution in [0.15, 0.2) is 4.99 Å². The van der Waals surface area contributed by atoms with E-state index in [1.807, 2.05) is 6.21 Å². The second-order valence-corrected chi connectivity index (χ2v) is 1.71. The first kappa shape index (κ1) is 5.72. The van der Waals surface area contributed by atoms with Gasteiger partial charge in [-0.25, -0.2) is 0 Å². The van der Waals surface area contributed by atoms with Gasteiger partial charge in [-0.1, -0.05) is 0 Å². The minimum atomic E-state index is 0.208. The van der Waals surface area contributed by atoms with E-state index in [1.165, 1.54) is 0 Å². The lowest BCUT2D eigenvalue weighted by Gasteiger charge is -2.03. The summed E-state index contributed by atoms with van der Waals surface area (Å²) in [5.41, 5.74) is 0. The van der Waals surface area contributed by atoms with Gasteiger partial charge in [0.25, 0.3) is 0 Å². The van der Waals surface area contributed by atoms with Crippen LogP contribution in [0.3, 0.4) is 0 Å². The van der Waals surface area contributed by atoms with Gasteiger partial charge in [-0.05, 0) is 0 Å². The predicted molar refractivity (Wildman–Crippen MR) is 32.2 cm³/mol. The lowest BCUT2D eigenvalue weighted by Crippen LogP contribution is -2.26. The smallest absolute Gasteiger partial charge is 0.123 e. The van der Waals surface area contributed by atoms with Crippen LogP contribution in [0.4, 0.5) is 0 Å². The molecule has 1 unspecified atom stereocenters. The maximum atomic E-state index is 4.85. The molecule has 0 spiro atoms. The fourth-order valence-corrected chi connectivity index (χ4v) is 0.681. The van der Waals surface area contributed by atoms with Crippen molar-refractivity contribution < 1.29 is 4.74 Å². The highest BCUT2D eigenvalue weighted by atomic mass is 16.5. The summed E-state index contributed by atoms with van der Waals surface area (Å²) >= 11 is 0. The summed E-state index contributed by atoms with van der Waals surface area (Å²) in [6, 6.07) is 0. The van der Waals surface area contributed by atoms with E-state index in [-0.39, 0.29) is 6.17 Å². The first-order valence-corrected chi connectivity index (χ1v) is 2.67. The topological polar surface area (TPSA) is 33.6 Å². The molecule has 0 aromatic heterocycles. The Morgan fingerprint density at radius 3 is 3.38 bits per heavy atom. The van der Waals surface area contributed by atoms with Crippen LogP contribution in [-0.4, -0.2) is 32.6 Å². The molecule has 8 heavy (non-hydrogen) atoms. The number of ether oxygens (including phenoxy) is 1. The van der Waals surface area contributed by atoms with Crippen molar-refractivity contribution in [2.75, 3.05) is 20.3 Å². The fourth-order valence-electron chi connectivity index (χ4n) is 0.681. The molecule has 3 heteroatoms. The summed E-state index contributed by atoms with van der Waals surface area (Å²) < 4.78 is 4.85. The van der Waals surface area contributed by atoms with E-state index in [0.29, 0.717) is 6.61 Å². The first-order valence-electron chi connectivity index (χ1n) is 2.67. The average Bonchev–Trinajstić information content (AvgIpc) is 2.19. The van der Waals surface area contributed by atoms with Crippen molar-refractivity contribution in [3.8, 4) is 0 Å². The minimum absolute atomic E-state index is 0.208. The minimum Gasteiger partial charge on any atom is -0.381 e. The molecule has 0 radical (unpaired) electrons. The molecule has 0 aliphatic carbocycles. The Labute approximate surface area is 48.8 Å². The highest BCUT2D eigenvalue weighted by Crippen LogP contribution is 1.89. The van der Waals surface area contributed by atoms with Gasteiger partial charge < -0.3 is 4.74 Å². The maximum absolute atomic E-state index is 4.85. The first-order chi connectivity index (χ1) is 3.93. The molecule has 1 aliphatic rings. The fraction of sp³-hybridized carbons (Fsp3) is 0.800. The standard InChI is InChI=1S/C5H10N2O/c1-8-4-5-6-2-3-7-5/h2,5,7H,3-4H2,1H3. The van der Waals surface area contributed by atoms with Crippen LogP contribution in [0.5, 0.6) is 0 Å². The SMILES string of the molecule is COCC1N=CCN1. The Kier molecular flexibility index (Phi) is 2.00. The molecule has 1 rings (SSSR count). The Balaban J connectivity index is 2.16. The van der Waals surface area contributed by atoms with Gasteiger partial charge in [0.05, 0.1) is 6.61 Å². The van der Waals surface area contributed by atoms with Crippen molar-refractivity contribution in [2.24, 2.45) is 4.99 Å². The lowest BCUT2D eigenvalue weighted by atomic mass is 10.6. The van der Waals surface area contributed by atoms with Gasteiger partial charge in [0, 0.05) is 19.9 Å². The molecule has 1 aliphatic heterocycles. The molecule has 0 saturated carbocycles. The van der Waals surface area contributed by atoms with Crippen molar-refractivity contribution in [1.29, 1.82) is 0 Å². The van der Waals surface area contributed by atoms with Crippen LogP contribution in [-0.2, 0) is 4.74 Å². The molecule has 0 bridgehead atoms. The third-order valence-electron chi connectivity index (χ3n) is 1.05. The highest BCUT2D eigenvalue weighted by Gasteiger charge is 2.06. The summed E-state index contributed by atoms with van der Waals surface area (Å²) in [5.74, 6) is 0. The van der Waals surface area contributed by atoms with E-state index in [4.69, 9.17) is 4.74 Å². The Morgan fingerprint density at radius 2 is 2.88 bits per heavy atom. The number of nitrogens with one attached hydrogen (secondary N) is 1. The molecular weight excluding hydrogens is 104 g/mol. The van der Waals surface area contributed by atoms with Gasteiger partial charge >= 0.3 is 0 Å². The zero-order valence-corrected chi connectivity index (χ0v) is 4.92. The van der Waals surface area contributed by atoms with Gasteiger partial charge in [-0.15, -0.1) is 0 Å². The second-order valence-electron chi connectivity index (χ2n) is 1.71. The molecule has 1 N–H and O–H groups in total. The van der Waals surface area contributed by atoms with E-state index >= 15 is 0 Å². The molecule has 0 amide bonds. The summed E-state index contributed by atoms with van der Waals surface area (Å²) in [7, 11) is 1.68. The van der Waals surface area contributed by atoms with Crippen LogP contribution in [0.25, 0.3) is 0 Å². The number of aliphatic imine (C=N–C) groups is 1. The maximum Gasteiger partial charge on any atom is 0.123 e. The van der Waals surface area contributed by atoms with E-state index in [1.54, 1.807) is 7.11 Å². The molecule has 0 saturated heterocycles. The summed E-state index contributed by atoms with van der Waals surface area (Å²) in [4.78, 5) is 4.06. The molecule has 0 aromatic carbocycles. The molecule has 3 nitrogen and oxygen atoms in total. The van der Waals surface area contributed by atoms with Crippen molar-refractivity contribution >= 4 is 6.21 Å². The number of hydrogen-bond acceptors (Lipinski definition) is 3. The Morgan fingerprint density at radius 1 is 2.00 bits per heavy atom. The number of nitrogens with zero attached hydrogens (tertiary/aromatic N) is 1. The van der Waals surface area contributed by atoms with Gasteiger partial charge in [0.1, 0.15) is 6.17 Å². The number of methoxy groups -OCH3 is 1. The van der Waals surface area contributed by atoms with Crippen LogP contribution < -0.4 is 5.32 Å². The Hall–Kier alpha value is -0.410. The van der Waals surface area contributed by atoms with Crippen LogP contribution in [0.2, 0.25) is 0 Å². The zero-order chi connectivity index (χ0) is 5.82. The number of rotatable bonds is 2. The van der Waals surface area contributed by atoms with Crippen molar-refractivity contribution in [1.82, 2.24) is 5.32 Å². The summed E-state index contributed by atoms with van der Waals surface area (Å²) in [6.07, 6.45) is 2.07. The zero-order valence-electron chi connectivity index (χ0n) is 4.92. The normalized spacial score (nSPS) is 26.9. The monoisotopic (exact) mass is 114 g/mol. The Bertz CT molecular complexity index is 92.4. The van der Waals surface area contributed by atoms with Crippen molar-refractivity contribution in [2.45, 2.75) is 6.17 Å². The average molecular weight is 114 g/mol. The van der Waals surface area contributed by atoms with E-state index in [9.17, 15) is 0 Å². The quantitative estimate of drug-likeness (QED) is 0.531. The van der Waals surface area contributed by atoms with Gasteiger partial charge in [-0.2, -0.15) is 0 Å². The van der Waals surface area contributed by atoms with Crippen LogP contribution in [0, 0.1) is 0 Å². The molecule has 46 valence electrons. The highest BCUT2D eigenvalue weighted by molar-refractivity contribution is 5.61. The third kappa shape index (κ3) is 1.28. The largest absolute Gasteiger partial charge is 0.381 e. The second kappa shape index (κ2) is 2.79. The molecule has 1 heterocycles. The van der Waals surface area contributed by atoms with E-state index in [2.05, 4.69) is 10.3 Å². The summed E-state index contributed by atoms with van der Waals surface area (Å²) in [6.45, 7) is 1.56. The summed E-state index contributed by atoms with van der Waals surface area (Å²) in [5, 5.41) is 3.11.